The van der Waals surface area contributed by atoms with Crippen LogP contribution in [0.15, 0.2) is 0 Å². The monoisotopic (exact) mass is 282 g/mol. The molecule has 1 spiro atoms. The predicted molar refractivity (Wildman–Crippen MR) is 79.8 cm³/mol. The molecule has 2 heterocycles. The summed E-state index contributed by atoms with van der Waals surface area (Å²) in [6.07, 6.45) is 11.0. The predicted octanol–water partition coefficient (Wildman–Crippen LogP) is 3.89. The first kappa shape index (κ1) is 16.0. The van der Waals surface area contributed by atoms with E-state index in [2.05, 4.69) is 6.92 Å². The van der Waals surface area contributed by atoms with Crippen LogP contribution in [0.4, 0.5) is 0 Å². The number of unbranched alkanes of at least 4 members (excludes halogenated alkanes) is 5. The highest BCUT2D eigenvalue weighted by Gasteiger charge is 2.42. The molecule has 2 aliphatic rings. The summed E-state index contributed by atoms with van der Waals surface area (Å²) in [5, 5.41) is 0. The third kappa shape index (κ3) is 4.56. The first-order valence-electron chi connectivity index (χ1n) is 8.50. The standard InChI is InChI=1S/C17H30O3/c1-2-3-4-5-6-7-8-16(18)15-9-11-20-17(13-15)10-12-19-14-17/h15H,2-14H2,1H3. The molecule has 0 aromatic rings. The van der Waals surface area contributed by atoms with Crippen LogP contribution in [0.25, 0.3) is 0 Å². The molecule has 0 amide bonds. The lowest BCUT2D eigenvalue weighted by atomic mass is 9.82. The maximum absolute atomic E-state index is 12.3. The van der Waals surface area contributed by atoms with E-state index >= 15 is 0 Å². The normalized spacial score (nSPS) is 29.9. The molecule has 2 atom stereocenters. The highest BCUT2D eigenvalue weighted by molar-refractivity contribution is 5.81. The van der Waals surface area contributed by atoms with Gasteiger partial charge in [-0.25, -0.2) is 0 Å². The Labute approximate surface area is 123 Å². The van der Waals surface area contributed by atoms with Gasteiger partial charge in [0.15, 0.2) is 0 Å². The van der Waals surface area contributed by atoms with E-state index in [4.69, 9.17) is 9.47 Å². The van der Waals surface area contributed by atoms with E-state index in [0.717, 1.165) is 45.3 Å². The lowest BCUT2D eigenvalue weighted by molar-refractivity contribution is -0.137. The molecule has 0 N–H and O–H groups in total. The molecule has 3 nitrogen and oxygen atoms in total. The zero-order valence-corrected chi connectivity index (χ0v) is 13.0. The molecule has 2 fully saturated rings. The molecular weight excluding hydrogens is 252 g/mol. The number of carbonyl (C=O) groups excluding carboxylic acids is 1. The van der Waals surface area contributed by atoms with Gasteiger partial charge in [-0.3, -0.25) is 4.79 Å². The zero-order chi connectivity index (χ0) is 14.3. The Morgan fingerprint density at radius 3 is 2.70 bits per heavy atom. The average molecular weight is 282 g/mol. The van der Waals surface area contributed by atoms with Crippen LogP contribution in [0.5, 0.6) is 0 Å². The number of rotatable bonds is 8. The van der Waals surface area contributed by atoms with E-state index < -0.39 is 0 Å². The second-order valence-electron chi connectivity index (χ2n) is 6.51. The van der Waals surface area contributed by atoms with Crippen molar-refractivity contribution in [2.45, 2.75) is 76.7 Å². The molecule has 2 unspecified atom stereocenters. The lowest BCUT2D eigenvalue weighted by Crippen LogP contribution is -2.42. The van der Waals surface area contributed by atoms with E-state index in [1.807, 2.05) is 0 Å². The Kier molecular flexibility index (Phi) is 6.50. The molecule has 3 heteroatoms. The highest BCUT2D eigenvalue weighted by Crippen LogP contribution is 2.36. The van der Waals surface area contributed by atoms with E-state index in [1.165, 1.54) is 32.1 Å². The van der Waals surface area contributed by atoms with E-state index in [-0.39, 0.29) is 11.5 Å². The fourth-order valence-corrected chi connectivity index (χ4v) is 3.45. The van der Waals surface area contributed by atoms with Gasteiger partial charge in [0.2, 0.25) is 0 Å². The van der Waals surface area contributed by atoms with Gasteiger partial charge in [0.05, 0.1) is 12.2 Å². The van der Waals surface area contributed by atoms with Crippen molar-refractivity contribution in [3.63, 3.8) is 0 Å². The zero-order valence-electron chi connectivity index (χ0n) is 13.0. The van der Waals surface area contributed by atoms with Gasteiger partial charge in [0.1, 0.15) is 5.78 Å². The van der Waals surface area contributed by atoms with Crippen LogP contribution in [0.1, 0.15) is 71.1 Å². The SMILES string of the molecule is CCCCCCCCC(=O)C1CCOC2(CCOC2)C1. The molecular formula is C17H30O3. The summed E-state index contributed by atoms with van der Waals surface area (Å²) in [6.45, 7) is 4.44. The van der Waals surface area contributed by atoms with Crippen LogP contribution < -0.4 is 0 Å². The minimum atomic E-state index is -0.125. The summed E-state index contributed by atoms with van der Waals surface area (Å²) in [5.41, 5.74) is -0.125. The first-order chi connectivity index (χ1) is 9.76. The van der Waals surface area contributed by atoms with Gasteiger partial charge in [0.25, 0.3) is 0 Å². The number of ether oxygens (including phenoxy) is 2. The van der Waals surface area contributed by atoms with Crippen molar-refractivity contribution >= 4 is 5.78 Å². The smallest absolute Gasteiger partial charge is 0.136 e. The van der Waals surface area contributed by atoms with Crippen molar-refractivity contribution < 1.29 is 14.3 Å². The molecule has 0 bridgehead atoms. The highest BCUT2D eigenvalue weighted by atomic mass is 16.6. The molecule has 0 radical (unpaired) electrons. The molecule has 0 aromatic carbocycles. The third-order valence-electron chi connectivity index (χ3n) is 4.79. The number of hydrogen-bond acceptors (Lipinski definition) is 3. The van der Waals surface area contributed by atoms with Gasteiger partial charge in [-0.2, -0.15) is 0 Å². The van der Waals surface area contributed by atoms with Crippen LogP contribution >= 0.6 is 0 Å². The summed E-state index contributed by atoms with van der Waals surface area (Å²) in [4.78, 5) is 12.3. The van der Waals surface area contributed by atoms with Crippen molar-refractivity contribution in [2.75, 3.05) is 19.8 Å². The molecule has 0 aromatic heterocycles. The van der Waals surface area contributed by atoms with Crippen molar-refractivity contribution in [2.24, 2.45) is 5.92 Å². The summed E-state index contributed by atoms with van der Waals surface area (Å²) < 4.78 is 11.4. The second-order valence-corrected chi connectivity index (χ2v) is 6.51. The number of ketones is 1. The fourth-order valence-electron chi connectivity index (χ4n) is 3.45. The van der Waals surface area contributed by atoms with Crippen molar-refractivity contribution in [1.82, 2.24) is 0 Å². The van der Waals surface area contributed by atoms with Crippen molar-refractivity contribution in [1.29, 1.82) is 0 Å². The van der Waals surface area contributed by atoms with Crippen LogP contribution in [0.2, 0.25) is 0 Å². The van der Waals surface area contributed by atoms with Gasteiger partial charge in [-0.15, -0.1) is 0 Å². The van der Waals surface area contributed by atoms with Crippen molar-refractivity contribution in [3.05, 3.63) is 0 Å². The van der Waals surface area contributed by atoms with Gasteiger partial charge >= 0.3 is 0 Å². The maximum atomic E-state index is 12.3. The average Bonchev–Trinajstić information content (AvgIpc) is 2.90. The maximum Gasteiger partial charge on any atom is 0.136 e. The molecule has 20 heavy (non-hydrogen) atoms. The summed E-state index contributed by atoms with van der Waals surface area (Å²) >= 11 is 0. The lowest BCUT2D eigenvalue weighted by Gasteiger charge is -2.36. The first-order valence-corrected chi connectivity index (χ1v) is 8.50. The Bertz CT molecular complexity index is 295. The van der Waals surface area contributed by atoms with Crippen LogP contribution in [0, 0.1) is 5.92 Å². The van der Waals surface area contributed by atoms with E-state index in [9.17, 15) is 4.79 Å². The minimum absolute atomic E-state index is 0.125. The number of hydrogen-bond donors (Lipinski definition) is 0. The van der Waals surface area contributed by atoms with Gasteiger partial charge in [-0.05, 0) is 19.3 Å². The Morgan fingerprint density at radius 1 is 1.15 bits per heavy atom. The molecule has 2 saturated heterocycles. The van der Waals surface area contributed by atoms with Crippen LogP contribution in [-0.2, 0) is 14.3 Å². The van der Waals surface area contributed by atoms with Gasteiger partial charge in [0, 0.05) is 32.0 Å². The fraction of sp³-hybridized carbons (Fsp3) is 0.941. The summed E-state index contributed by atoms with van der Waals surface area (Å²) in [6, 6.07) is 0. The van der Waals surface area contributed by atoms with Crippen LogP contribution in [-0.4, -0.2) is 31.2 Å². The van der Waals surface area contributed by atoms with Gasteiger partial charge in [-0.1, -0.05) is 39.0 Å². The third-order valence-corrected chi connectivity index (χ3v) is 4.79. The number of Topliss-reactive ketones (excluding diaryl/α,β-unsaturated/α-hetero) is 1. The molecule has 0 saturated carbocycles. The van der Waals surface area contributed by atoms with Gasteiger partial charge < -0.3 is 9.47 Å². The Morgan fingerprint density at radius 2 is 1.95 bits per heavy atom. The largest absolute Gasteiger partial charge is 0.378 e. The van der Waals surface area contributed by atoms with Crippen LogP contribution in [0.3, 0.4) is 0 Å². The summed E-state index contributed by atoms with van der Waals surface area (Å²) in [5.74, 6) is 0.691. The molecule has 2 aliphatic heterocycles. The van der Waals surface area contributed by atoms with Crippen molar-refractivity contribution in [3.8, 4) is 0 Å². The topological polar surface area (TPSA) is 35.5 Å². The second kappa shape index (κ2) is 8.14. The Hall–Kier alpha value is -0.410. The molecule has 0 aliphatic carbocycles. The number of carbonyl (C=O) groups is 1. The summed E-state index contributed by atoms with van der Waals surface area (Å²) in [7, 11) is 0. The quantitative estimate of drug-likeness (QED) is 0.634. The van der Waals surface area contributed by atoms with E-state index in [1.54, 1.807) is 0 Å². The van der Waals surface area contributed by atoms with E-state index in [0.29, 0.717) is 12.4 Å². The molecule has 2 rings (SSSR count). The molecule has 116 valence electrons. The Balaban J connectivity index is 1.64. The minimum Gasteiger partial charge on any atom is -0.378 e.